The summed E-state index contributed by atoms with van der Waals surface area (Å²) in [7, 11) is 0. The molecule has 0 aromatic heterocycles. The Morgan fingerprint density at radius 2 is 1.35 bits per heavy atom. The van der Waals surface area contributed by atoms with Crippen molar-refractivity contribution < 1.29 is 9.47 Å². The molecule has 3 aromatic rings. The van der Waals surface area contributed by atoms with E-state index in [-0.39, 0.29) is 6.10 Å². The molecule has 0 saturated heterocycles. The molecule has 0 heterocycles. The highest BCUT2D eigenvalue weighted by molar-refractivity contribution is 5.74. The predicted molar refractivity (Wildman–Crippen MR) is 132 cm³/mol. The Kier molecular flexibility index (Phi) is 8.58. The smallest absolute Gasteiger partial charge is 0.119 e. The van der Waals surface area contributed by atoms with Gasteiger partial charge in [-0.05, 0) is 78.8 Å². The summed E-state index contributed by atoms with van der Waals surface area (Å²) >= 11 is 0. The average molecular weight is 417 g/mol. The standard InChI is InChI=1S/C29H36O2/c1-5-7-8-9-20-30-27-15-12-25(13-16-27)29-19-14-26(21-22(29)3)24-10-17-28(18-11-24)31-23(4)6-2/h10-19,21,23H,5-9,20H2,1-4H3. The summed E-state index contributed by atoms with van der Waals surface area (Å²) in [5.74, 6) is 1.88. The maximum atomic E-state index is 5.90. The second-order valence-electron chi connectivity index (χ2n) is 8.32. The van der Waals surface area contributed by atoms with E-state index in [1.807, 2.05) is 0 Å². The van der Waals surface area contributed by atoms with Crippen LogP contribution in [0.5, 0.6) is 11.5 Å². The van der Waals surface area contributed by atoms with Gasteiger partial charge in [-0.1, -0.05) is 75.6 Å². The van der Waals surface area contributed by atoms with Crippen LogP contribution in [0, 0.1) is 6.92 Å². The molecule has 0 aliphatic rings. The topological polar surface area (TPSA) is 18.5 Å². The van der Waals surface area contributed by atoms with E-state index in [4.69, 9.17) is 9.47 Å². The quantitative estimate of drug-likeness (QED) is 0.292. The van der Waals surface area contributed by atoms with Crippen LogP contribution in [0.15, 0.2) is 66.7 Å². The molecule has 2 heteroatoms. The SMILES string of the molecule is CCCCCCOc1ccc(-c2ccc(-c3ccc(OC(C)CC)cc3)cc2C)cc1. The van der Waals surface area contributed by atoms with Crippen molar-refractivity contribution in [3.8, 4) is 33.8 Å². The van der Waals surface area contributed by atoms with Gasteiger partial charge in [-0.2, -0.15) is 0 Å². The second-order valence-corrected chi connectivity index (χ2v) is 8.32. The number of hydrogen-bond donors (Lipinski definition) is 0. The first-order chi connectivity index (χ1) is 15.1. The van der Waals surface area contributed by atoms with Crippen LogP contribution >= 0.6 is 0 Å². The second kappa shape index (κ2) is 11.6. The van der Waals surface area contributed by atoms with Gasteiger partial charge in [0.15, 0.2) is 0 Å². The zero-order valence-electron chi connectivity index (χ0n) is 19.5. The van der Waals surface area contributed by atoms with Gasteiger partial charge in [-0.15, -0.1) is 0 Å². The van der Waals surface area contributed by atoms with E-state index in [0.29, 0.717) is 0 Å². The highest BCUT2D eigenvalue weighted by Gasteiger charge is 2.07. The number of hydrogen-bond acceptors (Lipinski definition) is 2. The fraction of sp³-hybridized carbons (Fsp3) is 0.379. The summed E-state index contributed by atoms with van der Waals surface area (Å²) in [5, 5.41) is 0. The molecular weight excluding hydrogens is 380 g/mol. The van der Waals surface area contributed by atoms with Crippen molar-refractivity contribution in [1.29, 1.82) is 0 Å². The van der Waals surface area contributed by atoms with Gasteiger partial charge in [0.2, 0.25) is 0 Å². The fourth-order valence-electron chi connectivity index (χ4n) is 3.66. The number of unbranched alkanes of at least 4 members (excludes halogenated alkanes) is 3. The van der Waals surface area contributed by atoms with Crippen LogP contribution in [0.4, 0.5) is 0 Å². The summed E-state index contributed by atoms with van der Waals surface area (Å²) in [5.41, 5.74) is 6.18. The summed E-state index contributed by atoms with van der Waals surface area (Å²) in [6, 6.07) is 23.6. The van der Waals surface area contributed by atoms with Crippen LogP contribution in [-0.4, -0.2) is 12.7 Å². The Hall–Kier alpha value is -2.74. The van der Waals surface area contributed by atoms with Crippen LogP contribution in [-0.2, 0) is 0 Å². The van der Waals surface area contributed by atoms with Crippen molar-refractivity contribution in [1.82, 2.24) is 0 Å². The first kappa shape index (κ1) is 22.9. The molecule has 0 bridgehead atoms. The van der Waals surface area contributed by atoms with Crippen LogP contribution in [0.25, 0.3) is 22.3 Å². The van der Waals surface area contributed by atoms with Crippen molar-refractivity contribution in [2.24, 2.45) is 0 Å². The monoisotopic (exact) mass is 416 g/mol. The number of ether oxygens (including phenoxy) is 2. The van der Waals surface area contributed by atoms with Gasteiger partial charge in [0.05, 0.1) is 12.7 Å². The van der Waals surface area contributed by atoms with Crippen LogP contribution < -0.4 is 9.47 Å². The van der Waals surface area contributed by atoms with Crippen molar-refractivity contribution in [3.05, 3.63) is 72.3 Å². The third-order valence-corrected chi connectivity index (χ3v) is 5.76. The lowest BCUT2D eigenvalue weighted by molar-refractivity contribution is 0.217. The minimum atomic E-state index is 0.241. The molecule has 3 rings (SSSR count). The molecule has 31 heavy (non-hydrogen) atoms. The molecule has 0 radical (unpaired) electrons. The van der Waals surface area contributed by atoms with Gasteiger partial charge in [-0.25, -0.2) is 0 Å². The lowest BCUT2D eigenvalue weighted by atomic mass is 9.96. The van der Waals surface area contributed by atoms with Gasteiger partial charge in [0, 0.05) is 0 Å². The van der Waals surface area contributed by atoms with Crippen molar-refractivity contribution >= 4 is 0 Å². The molecule has 1 atom stereocenters. The van der Waals surface area contributed by atoms with E-state index in [0.717, 1.165) is 30.9 Å². The first-order valence-electron chi connectivity index (χ1n) is 11.7. The van der Waals surface area contributed by atoms with Crippen molar-refractivity contribution in [3.63, 3.8) is 0 Å². The number of aryl methyl sites for hydroxylation is 1. The fourth-order valence-corrected chi connectivity index (χ4v) is 3.66. The molecule has 0 spiro atoms. The molecule has 0 aliphatic carbocycles. The minimum absolute atomic E-state index is 0.241. The molecule has 0 amide bonds. The Bertz CT molecular complexity index is 926. The Morgan fingerprint density at radius 3 is 2.00 bits per heavy atom. The van der Waals surface area contributed by atoms with Crippen LogP contribution in [0.2, 0.25) is 0 Å². The predicted octanol–water partition coefficient (Wildman–Crippen LogP) is 8.47. The van der Waals surface area contributed by atoms with E-state index in [1.54, 1.807) is 0 Å². The summed E-state index contributed by atoms with van der Waals surface area (Å²) < 4.78 is 11.8. The van der Waals surface area contributed by atoms with E-state index < -0.39 is 0 Å². The molecule has 2 nitrogen and oxygen atoms in total. The van der Waals surface area contributed by atoms with Crippen LogP contribution in [0.1, 0.15) is 58.4 Å². The highest BCUT2D eigenvalue weighted by Crippen LogP contribution is 2.30. The number of rotatable bonds is 11. The summed E-state index contributed by atoms with van der Waals surface area (Å²) in [6.07, 6.45) is 6.16. The van der Waals surface area contributed by atoms with Gasteiger partial charge in [0.1, 0.15) is 11.5 Å². The number of benzene rings is 3. The Balaban J connectivity index is 1.65. The first-order valence-corrected chi connectivity index (χ1v) is 11.7. The van der Waals surface area contributed by atoms with E-state index in [9.17, 15) is 0 Å². The normalized spacial score (nSPS) is 11.9. The maximum Gasteiger partial charge on any atom is 0.119 e. The molecule has 0 fully saturated rings. The van der Waals surface area contributed by atoms with Gasteiger partial charge in [-0.3, -0.25) is 0 Å². The van der Waals surface area contributed by atoms with Gasteiger partial charge >= 0.3 is 0 Å². The van der Waals surface area contributed by atoms with Gasteiger partial charge in [0.25, 0.3) is 0 Å². The molecule has 164 valence electrons. The third-order valence-electron chi connectivity index (χ3n) is 5.76. The molecule has 0 saturated carbocycles. The minimum Gasteiger partial charge on any atom is -0.494 e. The van der Waals surface area contributed by atoms with Crippen molar-refractivity contribution in [2.75, 3.05) is 6.61 Å². The third kappa shape index (κ3) is 6.62. The molecule has 3 aromatic carbocycles. The average Bonchev–Trinajstić information content (AvgIpc) is 2.80. The Morgan fingerprint density at radius 1 is 0.710 bits per heavy atom. The van der Waals surface area contributed by atoms with Gasteiger partial charge < -0.3 is 9.47 Å². The van der Waals surface area contributed by atoms with E-state index in [2.05, 4.69) is 94.4 Å². The summed E-state index contributed by atoms with van der Waals surface area (Å²) in [4.78, 5) is 0. The van der Waals surface area contributed by atoms with Crippen molar-refractivity contribution in [2.45, 2.75) is 65.9 Å². The lowest BCUT2D eigenvalue weighted by Gasteiger charge is -2.13. The van der Waals surface area contributed by atoms with E-state index in [1.165, 1.54) is 47.1 Å². The molecule has 0 N–H and O–H groups in total. The maximum absolute atomic E-state index is 5.90. The molecular formula is C29H36O2. The highest BCUT2D eigenvalue weighted by atomic mass is 16.5. The zero-order valence-corrected chi connectivity index (χ0v) is 19.5. The Labute approximate surface area is 188 Å². The molecule has 0 aliphatic heterocycles. The van der Waals surface area contributed by atoms with Crippen LogP contribution in [0.3, 0.4) is 0 Å². The zero-order chi connectivity index (χ0) is 22.1. The lowest BCUT2D eigenvalue weighted by Crippen LogP contribution is -2.09. The van der Waals surface area contributed by atoms with E-state index >= 15 is 0 Å². The largest absolute Gasteiger partial charge is 0.494 e. The summed E-state index contributed by atoms with van der Waals surface area (Å²) in [6.45, 7) is 9.44. The molecule has 1 unspecified atom stereocenters.